The summed E-state index contributed by atoms with van der Waals surface area (Å²) in [5.41, 5.74) is 8.62. The molecule has 0 saturated heterocycles. The molecule has 96 valence electrons. The summed E-state index contributed by atoms with van der Waals surface area (Å²) in [5.74, 6) is 0. The maximum atomic E-state index is 10.8. The fraction of sp³-hybridized carbons (Fsp3) is 0.455. The molecular weight excluding hydrogens is 238 g/mol. The van der Waals surface area contributed by atoms with Gasteiger partial charge in [0.05, 0.1) is 6.26 Å². The first-order valence-corrected chi connectivity index (χ1v) is 7.38. The molecule has 4 N–H and O–H groups in total. The zero-order valence-corrected chi connectivity index (χ0v) is 11.0. The Labute approximate surface area is 102 Å². The van der Waals surface area contributed by atoms with E-state index in [0.29, 0.717) is 13.1 Å². The molecule has 0 amide bonds. The largest absolute Gasteiger partial charge is 0.399 e. The molecule has 0 radical (unpaired) electrons. The third-order valence-electron chi connectivity index (χ3n) is 2.34. The molecule has 5 nitrogen and oxygen atoms in total. The summed E-state index contributed by atoms with van der Waals surface area (Å²) in [6.07, 6.45) is 2.02. The quantitative estimate of drug-likeness (QED) is 0.520. The highest BCUT2D eigenvalue weighted by Crippen LogP contribution is 2.17. The minimum Gasteiger partial charge on any atom is -0.399 e. The number of aryl methyl sites for hydroxylation is 1. The summed E-state index contributed by atoms with van der Waals surface area (Å²) < 4.78 is 24.1. The van der Waals surface area contributed by atoms with Crippen molar-refractivity contribution in [2.24, 2.45) is 0 Å². The molecule has 6 heteroatoms. The lowest BCUT2D eigenvalue weighted by molar-refractivity contribution is 0.589. The monoisotopic (exact) mass is 257 g/mol. The van der Waals surface area contributed by atoms with Crippen LogP contribution in [-0.4, -0.2) is 27.8 Å². The number of hydrogen-bond acceptors (Lipinski definition) is 4. The van der Waals surface area contributed by atoms with E-state index in [1.165, 1.54) is 0 Å². The van der Waals surface area contributed by atoms with Gasteiger partial charge in [0.15, 0.2) is 0 Å². The van der Waals surface area contributed by atoms with Crippen LogP contribution in [0.25, 0.3) is 0 Å². The molecule has 17 heavy (non-hydrogen) atoms. The third-order valence-corrected chi connectivity index (χ3v) is 3.07. The van der Waals surface area contributed by atoms with Crippen molar-refractivity contribution in [2.75, 3.05) is 30.4 Å². The van der Waals surface area contributed by atoms with Crippen LogP contribution >= 0.6 is 0 Å². The van der Waals surface area contributed by atoms with Crippen molar-refractivity contribution in [3.8, 4) is 0 Å². The van der Waals surface area contributed by atoms with Gasteiger partial charge >= 0.3 is 0 Å². The van der Waals surface area contributed by atoms with Gasteiger partial charge in [0.25, 0.3) is 0 Å². The highest BCUT2D eigenvalue weighted by molar-refractivity contribution is 7.88. The van der Waals surface area contributed by atoms with Gasteiger partial charge in [0.2, 0.25) is 10.0 Å². The van der Waals surface area contributed by atoms with Crippen LogP contribution in [0.2, 0.25) is 0 Å². The van der Waals surface area contributed by atoms with Crippen LogP contribution in [0.1, 0.15) is 12.5 Å². The molecule has 1 rings (SSSR count). The van der Waals surface area contributed by atoms with Gasteiger partial charge in [-0.15, -0.1) is 0 Å². The zero-order valence-electron chi connectivity index (χ0n) is 10.2. The summed E-state index contributed by atoms with van der Waals surface area (Å²) in [6.45, 7) is 2.95. The number of sulfonamides is 1. The third kappa shape index (κ3) is 5.06. The van der Waals surface area contributed by atoms with E-state index in [0.717, 1.165) is 29.6 Å². The van der Waals surface area contributed by atoms with E-state index in [-0.39, 0.29) is 0 Å². The number of nitrogens with two attached hydrogens (primary N) is 1. The van der Waals surface area contributed by atoms with E-state index in [9.17, 15) is 8.42 Å². The molecule has 0 bridgehead atoms. The molecular formula is C11H19N3O2S. The van der Waals surface area contributed by atoms with Crippen LogP contribution in [0.3, 0.4) is 0 Å². The number of benzene rings is 1. The van der Waals surface area contributed by atoms with Gasteiger partial charge in [-0.1, -0.05) is 6.92 Å². The van der Waals surface area contributed by atoms with E-state index in [1.807, 2.05) is 25.1 Å². The van der Waals surface area contributed by atoms with Gasteiger partial charge in [0, 0.05) is 24.5 Å². The summed E-state index contributed by atoms with van der Waals surface area (Å²) in [5, 5.41) is 3.14. The molecule has 0 atom stereocenters. The second-order valence-corrected chi connectivity index (χ2v) is 5.69. The Morgan fingerprint density at radius 1 is 1.29 bits per heavy atom. The highest BCUT2D eigenvalue weighted by atomic mass is 32.2. The predicted octanol–water partition coefficient (Wildman–Crippen LogP) is 0.792. The van der Waals surface area contributed by atoms with Crippen molar-refractivity contribution >= 4 is 21.4 Å². The number of rotatable bonds is 6. The van der Waals surface area contributed by atoms with Gasteiger partial charge in [-0.2, -0.15) is 0 Å². The fourth-order valence-corrected chi connectivity index (χ4v) is 1.94. The molecule has 0 aliphatic carbocycles. The Hall–Kier alpha value is -1.27. The Morgan fingerprint density at radius 2 is 2.00 bits per heavy atom. The van der Waals surface area contributed by atoms with Crippen molar-refractivity contribution < 1.29 is 8.42 Å². The molecule has 0 aliphatic heterocycles. The second-order valence-electron chi connectivity index (χ2n) is 3.86. The lowest BCUT2D eigenvalue weighted by Crippen LogP contribution is -2.27. The number of nitrogens with one attached hydrogen (secondary N) is 2. The van der Waals surface area contributed by atoms with E-state index >= 15 is 0 Å². The second kappa shape index (κ2) is 5.88. The van der Waals surface area contributed by atoms with E-state index in [4.69, 9.17) is 5.73 Å². The summed E-state index contributed by atoms with van der Waals surface area (Å²) in [4.78, 5) is 0. The topological polar surface area (TPSA) is 84.2 Å². The van der Waals surface area contributed by atoms with Crippen molar-refractivity contribution in [3.05, 3.63) is 23.8 Å². The normalized spacial score (nSPS) is 11.4. The van der Waals surface area contributed by atoms with Crippen LogP contribution in [0.5, 0.6) is 0 Å². The zero-order chi connectivity index (χ0) is 12.9. The van der Waals surface area contributed by atoms with Gasteiger partial charge in [-0.25, -0.2) is 13.1 Å². The van der Waals surface area contributed by atoms with E-state index in [1.54, 1.807) is 0 Å². The summed E-state index contributed by atoms with van der Waals surface area (Å²) >= 11 is 0. The molecule has 0 saturated carbocycles. The standard InChI is InChI=1S/C11H19N3O2S/c1-3-9-8-10(4-5-11(9)12)13-6-7-14-17(2,15)16/h4-5,8,13-14H,3,6-7,12H2,1-2H3. The van der Waals surface area contributed by atoms with Crippen molar-refractivity contribution in [1.29, 1.82) is 0 Å². The van der Waals surface area contributed by atoms with Crippen LogP contribution in [0, 0.1) is 0 Å². The molecule has 0 fully saturated rings. The Balaban J connectivity index is 2.47. The Kier molecular flexibility index (Phi) is 4.77. The van der Waals surface area contributed by atoms with Crippen LogP contribution in [0.4, 0.5) is 11.4 Å². The molecule has 0 aromatic heterocycles. The summed E-state index contributed by atoms with van der Waals surface area (Å²) in [6, 6.07) is 5.72. The van der Waals surface area contributed by atoms with E-state index < -0.39 is 10.0 Å². The van der Waals surface area contributed by atoms with Crippen molar-refractivity contribution in [3.63, 3.8) is 0 Å². The minimum absolute atomic E-state index is 0.366. The van der Waals surface area contributed by atoms with Crippen LogP contribution in [-0.2, 0) is 16.4 Å². The van der Waals surface area contributed by atoms with Crippen LogP contribution < -0.4 is 15.8 Å². The molecule has 1 aromatic rings. The first-order chi connectivity index (χ1) is 7.92. The maximum absolute atomic E-state index is 10.8. The van der Waals surface area contributed by atoms with E-state index in [2.05, 4.69) is 10.0 Å². The lowest BCUT2D eigenvalue weighted by atomic mass is 10.1. The van der Waals surface area contributed by atoms with Gasteiger partial charge in [0.1, 0.15) is 0 Å². The average Bonchev–Trinajstić information content (AvgIpc) is 2.25. The summed E-state index contributed by atoms with van der Waals surface area (Å²) in [7, 11) is -3.11. The van der Waals surface area contributed by atoms with Gasteiger partial charge in [-0.3, -0.25) is 0 Å². The highest BCUT2D eigenvalue weighted by Gasteiger charge is 2.00. The molecule has 0 unspecified atom stereocenters. The minimum atomic E-state index is -3.11. The first-order valence-electron chi connectivity index (χ1n) is 5.49. The maximum Gasteiger partial charge on any atom is 0.208 e. The Morgan fingerprint density at radius 3 is 2.59 bits per heavy atom. The molecule has 0 heterocycles. The first kappa shape index (κ1) is 13.8. The van der Waals surface area contributed by atoms with Crippen LogP contribution in [0.15, 0.2) is 18.2 Å². The van der Waals surface area contributed by atoms with Crippen molar-refractivity contribution in [2.45, 2.75) is 13.3 Å². The number of nitrogen functional groups attached to an aromatic ring is 1. The molecule has 0 aliphatic rings. The number of anilines is 2. The predicted molar refractivity (Wildman–Crippen MR) is 71.6 cm³/mol. The molecule has 1 aromatic carbocycles. The Bertz CT molecular complexity index is 472. The van der Waals surface area contributed by atoms with Gasteiger partial charge < -0.3 is 11.1 Å². The SMILES string of the molecule is CCc1cc(NCCNS(C)(=O)=O)ccc1N. The lowest BCUT2D eigenvalue weighted by Gasteiger charge is -2.09. The smallest absolute Gasteiger partial charge is 0.208 e. The van der Waals surface area contributed by atoms with Gasteiger partial charge in [-0.05, 0) is 30.2 Å². The van der Waals surface area contributed by atoms with Crippen molar-refractivity contribution in [1.82, 2.24) is 4.72 Å². The fourth-order valence-electron chi connectivity index (χ4n) is 1.47. The number of hydrogen-bond donors (Lipinski definition) is 3. The average molecular weight is 257 g/mol. The molecule has 0 spiro atoms.